The SMILES string of the molecule is COc1ccccc1CCC(=O)N(C)Cc1ccc2c(c1)OCCO2. The predicted molar refractivity (Wildman–Crippen MR) is 95.2 cm³/mol. The van der Waals surface area contributed by atoms with E-state index in [0.29, 0.717) is 32.6 Å². The van der Waals surface area contributed by atoms with E-state index < -0.39 is 0 Å². The molecule has 2 aromatic rings. The number of hydrogen-bond acceptors (Lipinski definition) is 4. The fourth-order valence-corrected chi connectivity index (χ4v) is 2.89. The van der Waals surface area contributed by atoms with Crippen molar-refractivity contribution in [2.75, 3.05) is 27.4 Å². The molecule has 5 heteroatoms. The number of benzene rings is 2. The molecular weight excluding hydrogens is 318 g/mol. The molecule has 5 nitrogen and oxygen atoms in total. The van der Waals surface area contributed by atoms with Gasteiger partial charge in [-0.15, -0.1) is 0 Å². The van der Waals surface area contributed by atoms with Gasteiger partial charge in [0.15, 0.2) is 11.5 Å². The lowest BCUT2D eigenvalue weighted by Gasteiger charge is -2.21. The Morgan fingerprint density at radius 2 is 1.88 bits per heavy atom. The number of amides is 1. The zero-order valence-electron chi connectivity index (χ0n) is 14.7. The Morgan fingerprint density at radius 1 is 1.12 bits per heavy atom. The summed E-state index contributed by atoms with van der Waals surface area (Å²) in [6.45, 7) is 1.68. The molecule has 0 unspecified atom stereocenters. The highest BCUT2D eigenvalue weighted by Gasteiger charge is 2.15. The van der Waals surface area contributed by atoms with Gasteiger partial charge in [0.05, 0.1) is 7.11 Å². The second kappa shape index (κ2) is 7.92. The lowest BCUT2D eigenvalue weighted by atomic mass is 10.1. The van der Waals surface area contributed by atoms with Crippen molar-refractivity contribution in [2.24, 2.45) is 0 Å². The number of ether oxygens (including phenoxy) is 3. The Kier molecular flexibility index (Phi) is 5.43. The van der Waals surface area contributed by atoms with E-state index in [1.807, 2.05) is 49.5 Å². The van der Waals surface area contributed by atoms with E-state index >= 15 is 0 Å². The summed E-state index contributed by atoms with van der Waals surface area (Å²) < 4.78 is 16.5. The minimum Gasteiger partial charge on any atom is -0.496 e. The first-order valence-electron chi connectivity index (χ1n) is 8.42. The molecular formula is C20H23NO4. The largest absolute Gasteiger partial charge is 0.496 e. The van der Waals surface area contributed by atoms with Gasteiger partial charge < -0.3 is 19.1 Å². The third-order valence-corrected chi connectivity index (χ3v) is 4.25. The first-order valence-corrected chi connectivity index (χ1v) is 8.42. The van der Waals surface area contributed by atoms with Crippen LogP contribution in [0, 0.1) is 0 Å². The van der Waals surface area contributed by atoms with Crippen LogP contribution < -0.4 is 14.2 Å². The van der Waals surface area contributed by atoms with E-state index in [9.17, 15) is 4.79 Å². The lowest BCUT2D eigenvalue weighted by Crippen LogP contribution is -2.26. The number of carbonyl (C=O) groups excluding carboxylic acids is 1. The van der Waals surface area contributed by atoms with E-state index in [-0.39, 0.29) is 5.91 Å². The molecule has 1 heterocycles. The van der Waals surface area contributed by atoms with Crippen LogP contribution in [0.15, 0.2) is 42.5 Å². The standard InChI is InChI=1S/C20H23NO4/c1-21(14-15-7-9-18-19(13-15)25-12-11-24-18)20(22)10-8-16-5-3-4-6-17(16)23-2/h3-7,9,13H,8,10-12,14H2,1-2H3. The molecule has 0 bridgehead atoms. The molecule has 25 heavy (non-hydrogen) atoms. The fraction of sp³-hybridized carbons (Fsp3) is 0.350. The van der Waals surface area contributed by atoms with Crippen molar-refractivity contribution in [3.63, 3.8) is 0 Å². The zero-order valence-corrected chi connectivity index (χ0v) is 14.7. The first kappa shape index (κ1) is 17.1. The van der Waals surface area contributed by atoms with Crippen molar-refractivity contribution in [2.45, 2.75) is 19.4 Å². The second-order valence-corrected chi connectivity index (χ2v) is 6.04. The van der Waals surface area contributed by atoms with Crippen LogP contribution in [0.2, 0.25) is 0 Å². The van der Waals surface area contributed by atoms with Crippen molar-refractivity contribution in [3.8, 4) is 17.2 Å². The van der Waals surface area contributed by atoms with Crippen molar-refractivity contribution >= 4 is 5.91 Å². The first-order chi connectivity index (χ1) is 12.2. The van der Waals surface area contributed by atoms with E-state index in [0.717, 1.165) is 28.4 Å². The maximum Gasteiger partial charge on any atom is 0.222 e. The summed E-state index contributed by atoms with van der Waals surface area (Å²) in [6, 6.07) is 13.6. The van der Waals surface area contributed by atoms with Crippen LogP contribution in [0.4, 0.5) is 0 Å². The van der Waals surface area contributed by atoms with Crippen LogP contribution in [0.5, 0.6) is 17.2 Å². The molecule has 0 radical (unpaired) electrons. The van der Waals surface area contributed by atoms with Gasteiger partial charge in [-0.3, -0.25) is 4.79 Å². The van der Waals surface area contributed by atoms with Gasteiger partial charge in [0.1, 0.15) is 19.0 Å². The molecule has 1 aliphatic heterocycles. The number of hydrogen-bond donors (Lipinski definition) is 0. The second-order valence-electron chi connectivity index (χ2n) is 6.04. The zero-order chi connectivity index (χ0) is 17.6. The molecule has 1 amide bonds. The van der Waals surface area contributed by atoms with Gasteiger partial charge in [0, 0.05) is 20.0 Å². The van der Waals surface area contributed by atoms with Gasteiger partial charge in [-0.1, -0.05) is 24.3 Å². The smallest absolute Gasteiger partial charge is 0.222 e. The number of aryl methyl sites for hydroxylation is 1. The molecule has 0 N–H and O–H groups in total. The molecule has 2 aromatic carbocycles. The summed E-state index contributed by atoms with van der Waals surface area (Å²) in [4.78, 5) is 14.2. The average molecular weight is 341 g/mol. The molecule has 0 saturated heterocycles. The molecule has 3 rings (SSSR count). The quantitative estimate of drug-likeness (QED) is 0.810. The lowest BCUT2D eigenvalue weighted by molar-refractivity contribution is -0.130. The molecule has 0 aromatic heterocycles. The van der Waals surface area contributed by atoms with Gasteiger partial charge in [-0.25, -0.2) is 0 Å². The number of nitrogens with zero attached hydrogens (tertiary/aromatic N) is 1. The van der Waals surface area contributed by atoms with Gasteiger partial charge in [-0.05, 0) is 35.7 Å². The number of para-hydroxylation sites is 1. The average Bonchev–Trinajstić information content (AvgIpc) is 2.66. The van der Waals surface area contributed by atoms with Crippen LogP contribution in [-0.2, 0) is 17.8 Å². The van der Waals surface area contributed by atoms with E-state index in [1.54, 1.807) is 12.0 Å². The van der Waals surface area contributed by atoms with Gasteiger partial charge in [-0.2, -0.15) is 0 Å². The minimum atomic E-state index is 0.0980. The van der Waals surface area contributed by atoms with Crippen molar-refractivity contribution in [1.82, 2.24) is 4.90 Å². The van der Waals surface area contributed by atoms with Crippen molar-refractivity contribution < 1.29 is 19.0 Å². The highest BCUT2D eigenvalue weighted by molar-refractivity contribution is 5.76. The predicted octanol–water partition coefficient (Wildman–Crippen LogP) is 3.06. The van der Waals surface area contributed by atoms with Crippen LogP contribution in [0.3, 0.4) is 0 Å². The van der Waals surface area contributed by atoms with Gasteiger partial charge in [0.2, 0.25) is 5.91 Å². The number of methoxy groups -OCH3 is 1. The topological polar surface area (TPSA) is 48.0 Å². The number of carbonyl (C=O) groups is 1. The van der Waals surface area contributed by atoms with Crippen LogP contribution >= 0.6 is 0 Å². The maximum atomic E-state index is 12.4. The molecule has 1 aliphatic rings. The Labute approximate surface area is 148 Å². The van der Waals surface area contributed by atoms with Crippen LogP contribution in [0.1, 0.15) is 17.5 Å². The fourth-order valence-electron chi connectivity index (χ4n) is 2.89. The van der Waals surface area contributed by atoms with E-state index in [1.165, 1.54) is 0 Å². The Hall–Kier alpha value is -2.69. The van der Waals surface area contributed by atoms with Crippen molar-refractivity contribution in [3.05, 3.63) is 53.6 Å². The Balaban J connectivity index is 1.57. The molecule has 132 valence electrons. The highest BCUT2D eigenvalue weighted by atomic mass is 16.6. The summed E-state index contributed by atoms with van der Waals surface area (Å²) in [5, 5.41) is 0. The molecule has 0 aliphatic carbocycles. The summed E-state index contributed by atoms with van der Waals surface area (Å²) in [7, 11) is 3.47. The molecule has 0 spiro atoms. The van der Waals surface area contributed by atoms with Crippen molar-refractivity contribution in [1.29, 1.82) is 0 Å². The van der Waals surface area contributed by atoms with Crippen LogP contribution in [0.25, 0.3) is 0 Å². The third kappa shape index (κ3) is 4.24. The molecule has 0 saturated carbocycles. The number of fused-ring (bicyclic) bond motifs is 1. The van der Waals surface area contributed by atoms with Gasteiger partial charge >= 0.3 is 0 Å². The Bertz CT molecular complexity index is 744. The minimum absolute atomic E-state index is 0.0980. The van der Waals surface area contributed by atoms with E-state index in [2.05, 4.69) is 0 Å². The van der Waals surface area contributed by atoms with Gasteiger partial charge in [0.25, 0.3) is 0 Å². The normalized spacial score (nSPS) is 12.6. The third-order valence-electron chi connectivity index (χ3n) is 4.25. The summed E-state index contributed by atoms with van der Waals surface area (Å²) in [5.74, 6) is 2.43. The highest BCUT2D eigenvalue weighted by Crippen LogP contribution is 2.31. The number of rotatable bonds is 6. The van der Waals surface area contributed by atoms with Crippen LogP contribution in [-0.4, -0.2) is 38.2 Å². The summed E-state index contributed by atoms with van der Waals surface area (Å²) in [5.41, 5.74) is 2.07. The maximum absolute atomic E-state index is 12.4. The summed E-state index contributed by atoms with van der Waals surface area (Å²) in [6.07, 6.45) is 1.11. The molecule has 0 atom stereocenters. The van der Waals surface area contributed by atoms with E-state index in [4.69, 9.17) is 14.2 Å². The summed E-state index contributed by atoms with van der Waals surface area (Å²) >= 11 is 0. The monoisotopic (exact) mass is 341 g/mol. The Morgan fingerprint density at radius 3 is 2.68 bits per heavy atom. The molecule has 0 fully saturated rings.